The molecule has 0 amide bonds. The number of nitrogens with one attached hydrogen (secondary N) is 1. The van der Waals surface area contributed by atoms with E-state index in [0.717, 1.165) is 12.0 Å². The Morgan fingerprint density at radius 3 is 2.28 bits per heavy atom. The number of sulfonamides is 1. The van der Waals surface area contributed by atoms with E-state index in [0.29, 0.717) is 17.7 Å². The zero-order valence-electron chi connectivity index (χ0n) is 14.5. The fraction of sp³-hybridized carbons (Fsp3) is 0.333. The SMILES string of the molecule is CCCNS(=O)(=O)C(C)(C)c1ccc(-c2cccc([N+](=O)[O-])c2)cc1. The summed E-state index contributed by atoms with van der Waals surface area (Å²) in [5, 5.41) is 10.9. The maximum absolute atomic E-state index is 12.5. The summed E-state index contributed by atoms with van der Waals surface area (Å²) >= 11 is 0. The quantitative estimate of drug-likeness (QED) is 0.599. The largest absolute Gasteiger partial charge is 0.270 e. The Balaban J connectivity index is 2.33. The van der Waals surface area contributed by atoms with Crippen molar-refractivity contribution in [3.63, 3.8) is 0 Å². The minimum Gasteiger partial charge on any atom is -0.258 e. The first kappa shape index (κ1) is 19.1. The normalized spacial score (nSPS) is 12.1. The molecule has 0 aliphatic carbocycles. The van der Waals surface area contributed by atoms with Gasteiger partial charge in [-0.1, -0.05) is 43.3 Å². The lowest BCUT2D eigenvalue weighted by Gasteiger charge is -2.25. The molecule has 1 N–H and O–H groups in total. The van der Waals surface area contributed by atoms with Gasteiger partial charge in [0.05, 0.1) is 4.92 Å². The molecule has 0 heterocycles. The first-order valence-corrected chi connectivity index (χ1v) is 9.52. The van der Waals surface area contributed by atoms with Crippen LogP contribution in [0.25, 0.3) is 11.1 Å². The summed E-state index contributed by atoms with van der Waals surface area (Å²) in [6.07, 6.45) is 0.723. The summed E-state index contributed by atoms with van der Waals surface area (Å²) in [5.41, 5.74) is 2.19. The van der Waals surface area contributed by atoms with Crippen LogP contribution in [0.4, 0.5) is 5.69 Å². The van der Waals surface area contributed by atoms with Gasteiger partial charge in [0.15, 0.2) is 0 Å². The highest BCUT2D eigenvalue weighted by Gasteiger charge is 2.35. The Kier molecular flexibility index (Phi) is 5.59. The highest BCUT2D eigenvalue weighted by molar-refractivity contribution is 7.90. The molecule has 0 atom stereocenters. The van der Waals surface area contributed by atoms with Crippen molar-refractivity contribution in [2.75, 3.05) is 6.54 Å². The van der Waals surface area contributed by atoms with E-state index in [2.05, 4.69) is 4.72 Å². The molecule has 0 aromatic heterocycles. The maximum Gasteiger partial charge on any atom is 0.270 e. The van der Waals surface area contributed by atoms with Crippen molar-refractivity contribution in [3.05, 3.63) is 64.2 Å². The number of nitrogens with zero attached hydrogens (tertiary/aromatic N) is 1. The Morgan fingerprint density at radius 1 is 1.08 bits per heavy atom. The maximum atomic E-state index is 12.5. The average molecular weight is 362 g/mol. The second-order valence-electron chi connectivity index (χ2n) is 6.29. The lowest BCUT2D eigenvalue weighted by molar-refractivity contribution is -0.384. The molecule has 7 heteroatoms. The number of rotatable bonds is 7. The third-order valence-corrected chi connectivity index (χ3v) is 6.35. The molecule has 0 saturated heterocycles. The van der Waals surface area contributed by atoms with E-state index < -0.39 is 19.7 Å². The van der Waals surface area contributed by atoms with Gasteiger partial charge in [-0.3, -0.25) is 10.1 Å². The van der Waals surface area contributed by atoms with Gasteiger partial charge in [-0.2, -0.15) is 0 Å². The summed E-state index contributed by atoms with van der Waals surface area (Å²) in [6.45, 7) is 5.63. The van der Waals surface area contributed by atoms with Crippen LogP contribution in [0.3, 0.4) is 0 Å². The van der Waals surface area contributed by atoms with Crippen LogP contribution in [0, 0.1) is 10.1 Å². The molecule has 0 aliphatic rings. The standard InChI is InChI=1S/C18H22N2O4S/c1-4-12-19-25(23,24)18(2,3)16-10-8-14(9-11-16)15-6-5-7-17(13-15)20(21)22/h5-11,13,19H,4,12H2,1-3H3. The highest BCUT2D eigenvalue weighted by Crippen LogP contribution is 2.31. The second kappa shape index (κ2) is 7.33. The van der Waals surface area contributed by atoms with E-state index in [1.165, 1.54) is 12.1 Å². The molecular weight excluding hydrogens is 340 g/mol. The van der Waals surface area contributed by atoms with Crippen LogP contribution in [0.15, 0.2) is 48.5 Å². The van der Waals surface area contributed by atoms with Crippen molar-refractivity contribution in [1.82, 2.24) is 4.72 Å². The van der Waals surface area contributed by atoms with Gasteiger partial charge in [-0.05, 0) is 37.0 Å². The molecule has 0 spiro atoms. The molecule has 0 saturated carbocycles. The number of benzene rings is 2. The van der Waals surface area contributed by atoms with Crippen LogP contribution in [0.5, 0.6) is 0 Å². The first-order valence-electron chi connectivity index (χ1n) is 8.03. The fourth-order valence-electron chi connectivity index (χ4n) is 2.44. The average Bonchev–Trinajstić information content (AvgIpc) is 2.60. The lowest BCUT2D eigenvalue weighted by atomic mass is 9.98. The van der Waals surface area contributed by atoms with Crippen LogP contribution in [-0.2, 0) is 14.8 Å². The molecule has 2 aromatic carbocycles. The molecule has 2 rings (SSSR count). The molecule has 0 fully saturated rings. The van der Waals surface area contributed by atoms with Gasteiger partial charge < -0.3 is 0 Å². The molecule has 25 heavy (non-hydrogen) atoms. The van der Waals surface area contributed by atoms with Crippen LogP contribution >= 0.6 is 0 Å². The number of nitro groups is 1. The number of nitro benzene ring substituents is 1. The smallest absolute Gasteiger partial charge is 0.258 e. The van der Waals surface area contributed by atoms with Gasteiger partial charge in [-0.15, -0.1) is 0 Å². The molecule has 0 unspecified atom stereocenters. The van der Waals surface area contributed by atoms with Gasteiger partial charge in [0.1, 0.15) is 4.75 Å². The minimum atomic E-state index is -3.51. The second-order valence-corrected chi connectivity index (χ2v) is 8.61. The van der Waals surface area contributed by atoms with E-state index >= 15 is 0 Å². The van der Waals surface area contributed by atoms with Gasteiger partial charge in [0.2, 0.25) is 10.0 Å². The van der Waals surface area contributed by atoms with Crippen molar-refractivity contribution in [2.24, 2.45) is 0 Å². The highest BCUT2D eigenvalue weighted by atomic mass is 32.2. The minimum absolute atomic E-state index is 0.0215. The van der Waals surface area contributed by atoms with Gasteiger partial charge in [-0.25, -0.2) is 13.1 Å². The topological polar surface area (TPSA) is 89.3 Å². The number of hydrogen-bond acceptors (Lipinski definition) is 4. The molecule has 134 valence electrons. The van der Waals surface area contributed by atoms with Crippen LogP contribution in [0.2, 0.25) is 0 Å². The third-order valence-electron chi connectivity index (χ3n) is 4.18. The van der Waals surface area contributed by atoms with Crippen molar-refractivity contribution in [3.8, 4) is 11.1 Å². The van der Waals surface area contributed by atoms with E-state index in [1.54, 1.807) is 50.2 Å². The fourth-order valence-corrected chi connectivity index (χ4v) is 3.72. The first-order chi connectivity index (χ1) is 11.7. The summed E-state index contributed by atoms with van der Waals surface area (Å²) < 4.78 is 26.5. The van der Waals surface area contributed by atoms with Crippen molar-refractivity contribution in [1.29, 1.82) is 0 Å². The summed E-state index contributed by atoms with van der Waals surface area (Å²) in [5.74, 6) is 0. The lowest BCUT2D eigenvalue weighted by Crippen LogP contribution is -2.39. The molecule has 0 radical (unpaired) electrons. The molecular formula is C18H22N2O4S. The predicted octanol–water partition coefficient (Wildman–Crippen LogP) is 3.83. The van der Waals surface area contributed by atoms with E-state index in [9.17, 15) is 18.5 Å². The van der Waals surface area contributed by atoms with Crippen molar-refractivity contribution in [2.45, 2.75) is 31.9 Å². The van der Waals surface area contributed by atoms with Crippen LogP contribution < -0.4 is 4.72 Å². The summed E-state index contributed by atoms with van der Waals surface area (Å²) in [4.78, 5) is 10.5. The Bertz CT molecular complexity index is 859. The zero-order chi connectivity index (χ0) is 18.7. The summed E-state index contributed by atoms with van der Waals surface area (Å²) in [7, 11) is -3.51. The summed E-state index contributed by atoms with van der Waals surface area (Å²) in [6, 6.07) is 13.4. The molecule has 6 nitrogen and oxygen atoms in total. The number of non-ortho nitro benzene ring substituents is 1. The Labute approximate surface area is 148 Å². The van der Waals surface area contributed by atoms with E-state index in [-0.39, 0.29) is 5.69 Å². The Hall–Kier alpha value is -2.25. The molecule has 0 bridgehead atoms. The third kappa shape index (κ3) is 4.05. The van der Waals surface area contributed by atoms with E-state index in [1.807, 2.05) is 6.92 Å². The van der Waals surface area contributed by atoms with Crippen molar-refractivity contribution >= 4 is 15.7 Å². The van der Waals surface area contributed by atoms with Gasteiger partial charge in [0, 0.05) is 18.7 Å². The zero-order valence-corrected chi connectivity index (χ0v) is 15.3. The van der Waals surface area contributed by atoms with Crippen molar-refractivity contribution < 1.29 is 13.3 Å². The van der Waals surface area contributed by atoms with Crippen LogP contribution in [-0.4, -0.2) is 19.9 Å². The number of hydrogen-bond donors (Lipinski definition) is 1. The molecule has 0 aliphatic heterocycles. The van der Waals surface area contributed by atoms with Gasteiger partial charge in [0.25, 0.3) is 5.69 Å². The van der Waals surface area contributed by atoms with Crippen LogP contribution in [0.1, 0.15) is 32.8 Å². The monoisotopic (exact) mass is 362 g/mol. The Morgan fingerprint density at radius 2 is 1.72 bits per heavy atom. The predicted molar refractivity (Wildman–Crippen MR) is 98.8 cm³/mol. The van der Waals surface area contributed by atoms with Gasteiger partial charge >= 0.3 is 0 Å². The molecule has 2 aromatic rings. The van der Waals surface area contributed by atoms with E-state index in [4.69, 9.17) is 0 Å².